The number of methoxy groups -OCH3 is 1. The summed E-state index contributed by atoms with van der Waals surface area (Å²) in [6.45, 7) is 1.88. The molecule has 15 heavy (non-hydrogen) atoms. The van der Waals surface area contributed by atoms with E-state index in [0.29, 0.717) is 0 Å². The second-order valence-corrected chi connectivity index (χ2v) is 4.64. The first-order valence-electron chi connectivity index (χ1n) is 4.92. The highest BCUT2D eigenvalue weighted by Crippen LogP contribution is 2.29. The number of esters is 1. The van der Waals surface area contributed by atoms with Gasteiger partial charge in [0.2, 0.25) is 0 Å². The van der Waals surface area contributed by atoms with Crippen LogP contribution in [-0.4, -0.2) is 13.1 Å². The predicted octanol–water partition coefficient (Wildman–Crippen LogP) is 3.32. The number of benzene rings is 1. The number of alkyl halides is 1. The van der Waals surface area contributed by atoms with Crippen molar-refractivity contribution in [2.45, 2.75) is 18.2 Å². The molecular formula is C12H15BrO2. The van der Waals surface area contributed by atoms with Crippen LogP contribution in [0.25, 0.3) is 0 Å². The first-order chi connectivity index (χ1) is 7.15. The molecule has 0 saturated heterocycles. The highest BCUT2D eigenvalue weighted by atomic mass is 79.9. The highest BCUT2D eigenvalue weighted by molar-refractivity contribution is 9.09. The van der Waals surface area contributed by atoms with E-state index in [4.69, 9.17) is 0 Å². The van der Waals surface area contributed by atoms with Gasteiger partial charge in [-0.15, -0.1) is 0 Å². The lowest BCUT2D eigenvalue weighted by molar-refractivity contribution is -0.145. The Morgan fingerprint density at radius 1 is 1.40 bits per heavy atom. The molecule has 2 nitrogen and oxygen atoms in total. The zero-order valence-electron chi connectivity index (χ0n) is 8.94. The minimum absolute atomic E-state index is 0.0837. The summed E-state index contributed by atoms with van der Waals surface area (Å²) < 4.78 is 4.69. The van der Waals surface area contributed by atoms with Crippen molar-refractivity contribution >= 4 is 21.9 Å². The minimum atomic E-state index is -0.157. The van der Waals surface area contributed by atoms with Gasteiger partial charge in [-0.05, 0) is 12.0 Å². The van der Waals surface area contributed by atoms with Gasteiger partial charge in [-0.3, -0.25) is 4.79 Å². The number of hydrogen-bond donors (Lipinski definition) is 0. The molecule has 0 aromatic heterocycles. The Bertz CT molecular complexity index is 311. The lowest BCUT2D eigenvalue weighted by Gasteiger charge is -2.14. The SMILES string of the molecule is COC(=O)C(C)CC(Br)c1ccccc1. The van der Waals surface area contributed by atoms with Crippen molar-refractivity contribution in [1.82, 2.24) is 0 Å². The standard InChI is InChI=1S/C12H15BrO2/c1-9(12(14)15-2)8-11(13)10-6-4-3-5-7-10/h3-7,9,11H,8H2,1-2H3. The van der Waals surface area contributed by atoms with Gasteiger partial charge < -0.3 is 4.74 Å². The fourth-order valence-corrected chi connectivity index (χ4v) is 2.27. The van der Waals surface area contributed by atoms with Crippen LogP contribution >= 0.6 is 15.9 Å². The number of hydrogen-bond acceptors (Lipinski definition) is 2. The number of halogens is 1. The van der Waals surface area contributed by atoms with E-state index in [9.17, 15) is 4.79 Å². The Hall–Kier alpha value is -0.830. The summed E-state index contributed by atoms with van der Waals surface area (Å²) >= 11 is 3.58. The summed E-state index contributed by atoms with van der Waals surface area (Å²) in [6.07, 6.45) is 0.747. The van der Waals surface area contributed by atoms with E-state index < -0.39 is 0 Å². The molecule has 0 fully saturated rings. The summed E-state index contributed by atoms with van der Waals surface area (Å²) in [6, 6.07) is 10.1. The Labute approximate surface area is 98.8 Å². The summed E-state index contributed by atoms with van der Waals surface area (Å²) in [4.78, 5) is 11.4. The van der Waals surface area contributed by atoms with Crippen LogP contribution in [-0.2, 0) is 9.53 Å². The lowest BCUT2D eigenvalue weighted by atomic mass is 10.0. The fourth-order valence-electron chi connectivity index (χ4n) is 1.41. The van der Waals surface area contributed by atoms with Crippen LogP contribution in [0.3, 0.4) is 0 Å². The van der Waals surface area contributed by atoms with Gasteiger partial charge in [0.05, 0.1) is 13.0 Å². The van der Waals surface area contributed by atoms with Crippen LogP contribution in [0.2, 0.25) is 0 Å². The summed E-state index contributed by atoms with van der Waals surface area (Å²) in [5, 5.41) is 0. The van der Waals surface area contributed by atoms with E-state index in [1.165, 1.54) is 12.7 Å². The lowest BCUT2D eigenvalue weighted by Crippen LogP contribution is -2.14. The Morgan fingerprint density at radius 2 is 2.00 bits per heavy atom. The molecular weight excluding hydrogens is 256 g/mol. The fraction of sp³-hybridized carbons (Fsp3) is 0.417. The van der Waals surface area contributed by atoms with E-state index in [1.54, 1.807) is 0 Å². The van der Waals surface area contributed by atoms with Crippen molar-refractivity contribution in [3.05, 3.63) is 35.9 Å². The maximum atomic E-state index is 11.2. The number of carbonyl (C=O) groups is 1. The van der Waals surface area contributed by atoms with Gasteiger partial charge in [0.25, 0.3) is 0 Å². The van der Waals surface area contributed by atoms with Crippen molar-refractivity contribution in [3.63, 3.8) is 0 Å². The molecule has 0 amide bonds. The van der Waals surface area contributed by atoms with E-state index in [1.807, 2.05) is 37.3 Å². The maximum Gasteiger partial charge on any atom is 0.308 e. The minimum Gasteiger partial charge on any atom is -0.469 e. The molecule has 0 aliphatic rings. The van der Waals surface area contributed by atoms with Gasteiger partial charge in [0.1, 0.15) is 0 Å². The average molecular weight is 271 g/mol. The third kappa shape index (κ3) is 3.67. The molecule has 0 aliphatic heterocycles. The van der Waals surface area contributed by atoms with Crippen LogP contribution < -0.4 is 0 Å². The van der Waals surface area contributed by atoms with E-state index in [-0.39, 0.29) is 16.7 Å². The Kier molecular flexibility index (Phi) is 4.82. The second-order valence-electron chi connectivity index (χ2n) is 3.54. The molecule has 3 heteroatoms. The monoisotopic (exact) mass is 270 g/mol. The van der Waals surface area contributed by atoms with Gasteiger partial charge in [-0.25, -0.2) is 0 Å². The van der Waals surface area contributed by atoms with Gasteiger partial charge in [0.15, 0.2) is 0 Å². The van der Waals surface area contributed by atoms with Crippen LogP contribution in [0.15, 0.2) is 30.3 Å². The molecule has 2 unspecified atom stereocenters. The topological polar surface area (TPSA) is 26.3 Å². The molecule has 0 heterocycles. The van der Waals surface area contributed by atoms with Crippen LogP contribution in [0.1, 0.15) is 23.7 Å². The summed E-state index contributed by atoms with van der Waals surface area (Å²) in [5.74, 6) is -0.241. The molecule has 0 aliphatic carbocycles. The van der Waals surface area contributed by atoms with Gasteiger partial charge in [-0.2, -0.15) is 0 Å². The normalized spacial score (nSPS) is 14.3. The zero-order chi connectivity index (χ0) is 11.3. The second kappa shape index (κ2) is 5.91. The zero-order valence-corrected chi connectivity index (χ0v) is 10.5. The third-order valence-corrected chi connectivity index (χ3v) is 3.23. The molecule has 0 radical (unpaired) electrons. The molecule has 1 rings (SSSR count). The molecule has 2 atom stereocenters. The summed E-state index contributed by atoms with van der Waals surface area (Å²) in [7, 11) is 1.42. The van der Waals surface area contributed by atoms with Crippen LogP contribution in [0, 0.1) is 5.92 Å². The van der Waals surface area contributed by atoms with Gasteiger partial charge in [0, 0.05) is 4.83 Å². The van der Waals surface area contributed by atoms with E-state index >= 15 is 0 Å². The van der Waals surface area contributed by atoms with Crippen molar-refractivity contribution in [2.75, 3.05) is 7.11 Å². The molecule has 1 aromatic carbocycles. The first kappa shape index (κ1) is 12.2. The Morgan fingerprint density at radius 3 is 2.53 bits per heavy atom. The predicted molar refractivity (Wildman–Crippen MR) is 63.9 cm³/mol. The smallest absolute Gasteiger partial charge is 0.308 e. The van der Waals surface area contributed by atoms with E-state index in [0.717, 1.165) is 6.42 Å². The first-order valence-corrected chi connectivity index (χ1v) is 5.83. The largest absolute Gasteiger partial charge is 0.469 e. The number of ether oxygens (including phenoxy) is 1. The van der Waals surface area contributed by atoms with Crippen molar-refractivity contribution < 1.29 is 9.53 Å². The van der Waals surface area contributed by atoms with Crippen molar-refractivity contribution in [1.29, 1.82) is 0 Å². The number of rotatable bonds is 4. The quantitative estimate of drug-likeness (QED) is 0.620. The molecule has 0 saturated carbocycles. The average Bonchev–Trinajstić information content (AvgIpc) is 2.29. The number of carbonyl (C=O) groups excluding carboxylic acids is 1. The van der Waals surface area contributed by atoms with Crippen LogP contribution in [0.5, 0.6) is 0 Å². The molecule has 82 valence electrons. The maximum absolute atomic E-state index is 11.2. The highest BCUT2D eigenvalue weighted by Gasteiger charge is 2.18. The van der Waals surface area contributed by atoms with Crippen molar-refractivity contribution in [2.24, 2.45) is 5.92 Å². The molecule has 1 aromatic rings. The van der Waals surface area contributed by atoms with Gasteiger partial charge in [-0.1, -0.05) is 53.2 Å². The molecule has 0 N–H and O–H groups in total. The van der Waals surface area contributed by atoms with Crippen molar-refractivity contribution in [3.8, 4) is 0 Å². The summed E-state index contributed by atoms with van der Waals surface area (Å²) in [5.41, 5.74) is 1.19. The van der Waals surface area contributed by atoms with Gasteiger partial charge >= 0.3 is 5.97 Å². The van der Waals surface area contributed by atoms with Crippen LogP contribution in [0.4, 0.5) is 0 Å². The third-order valence-electron chi connectivity index (χ3n) is 2.33. The molecule has 0 bridgehead atoms. The van der Waals surface area contributed by atoms with E-state index in [2.05, 4.69) is 20.7 Å². The Balaban J connectivity index is 2.56. The molecule has 0 spiro atoms.